The summed E-state index contributed by atoms with van der Waals surface area (Å²) in [6.45, 7) is 4.50. The summed E-state index contributed by atoms with van der Waals surface area (Å²) in [5.41, 5.74) is 1.38. The number of nitrogens with one attached hydrogen (secondary N) is 1. The standard InChI is InChI=1S/C13H22BrN3/c1-3-7-15-8-10-5-4-6-11(10)13-12(14)9-16-17(13)2/h9-11,15H,3-8H2,1-2H3. The molecular weight excluding hydrogens is 278 g/mol. The highest BCUT2D eigenvalue weighted by Crippen LogP contribution is 2.41. The van der Waals surface area contributed by atoms with Crippen LogP contribution < -0.4 is 5.32 Å². The van der Waals surface area contributed by atoms with Crippen LogP contribution in [0.25, 0.3) is 0 Å². The molecule has 2 unspecified atom stereocenters. The van der Waals surface area contributed by atoms with Gasteiger partial charge in [0.25, 0.3) is 0 Å². The fourth-order valence-electron chi connectivity index (χ4n) is 2.94. The molecule has 0 aliphatic heterocycles. The Morgan fingerprint density at radius 1 is 1.53 bits per heavy atom. The molecule has 1 N–H and O–H groups in total. The van der Waals surface area contributed by atoms with Gasteiger partial charge in [0.1, 0.15) is 0 Å². The number of hydrogen-bond donors (Lipinski definition) is 1. The van der Waals surface area contributed by atoms with Crippen molar-refractivity contribution in [2.24, 2.45) is 13.0 Å². The quantitative estimate of drug-likeness (QED) is 0.847. The highest BCUT2D eigenvalue weighted by Gasteiger charge is 2.31. The van der Waals surface area contributed by atoms with Crippen LogP contribution in [0.5, 0.6) is 0 Å². The zero-order chi connectivity index (χ0) is 12.3. The number of hydrogen-bond acceptors (Lipinski definition) is 2. The molecule has 0 aromatic carbocycles. The molecule has 0 bridgehead atoms. The lowest BCUT2D eigenvalue weighted by Gasteiger charge is -2.21. The predicted molar refractivity (Wildman–Crippen MR) is 74.2 cm³/mol. The fraction of sp³-hybridized carbons (Fsp3) is 0.769. The topological polar surface area (TPSA) is 29.9 Å². The molecule has 0 amide bonds. The van der Waals surface area contributed by atoms with Crippen LogP contribution in [0.3, 0.4) is 0 Å². The van der Waals surface area contributed by atoms with Crippen molar-refractivity contribution in [2.45, 2.75) is 38.5 Å². The minimum Gasteiger partial charge on any atom is -0.316 e. The van der Waals surface area contributed by atoms with E-state index in [0.717, 1.165) is 19.0 Å². The van der Waals surface area contributed by atoms with Crippen molar-refractivity contribution >= 4 is 15.9 Å². The number of halogens is 1. The van der Waals surface area contributed by atoms with E-state index in [9.17, 15) is 0 Å². The highest BCUT2D eigenvalue weighted by molar-refractivity contribution is 9.10. The third kappa shape index (κ3) is 2.91. The summed E-state index contributed by atoms with van der Waals surface area (Å²) >= 11 is 3.63. The second kappa shape index (κ2) is 6.01. The molecule has 4 heteroatoms. The Morgan fingerprint density at radius 3 is 3.00 bits per heavy atom. The molecule has 1 aliphatic carbocycles. The summed E-state index contributed by atoms with van der Waals surface area (Å²) in [5, 5.41) is 7.90. The van der Waals surface area contributed by atoms with Gasteiger partial charge in [-0.3, -0.25) is 4.68 Å². The van der Waals surface area contributed by atoms with E-state index in [-0.39, 0.29) is 0 Å². The normalized spacial score (nSPS) is 24.4. The van der Waals surface area contributed by atoms with Gasteiger partial charge in [0.05, 0.1) is 16.4 Å². The van der Waals surface area contributed by atoms with E-state index in [1.165, 1.54) is 35.8 Å². The first-order chi connectivity index (χ1) is 8.24. The number of nitrogens with zero attached hydrogens (tertiary/aromatic N) is 2. The maximum Gasteiger partial charge on any atom is 0.0635 e. The first-order valence-corrected chi connectivity index (χ1v) is 7.41. The zero-order valence-corrected chi connectivity index (χ0v) is 12.3. The van der Waals surface area contributed by atoms with E-state index in [4.69, 9.17) is 0 Å². The van der Waals surface area contributed by atoms with Crippen LogP contribution in [0.4, 0.5) is 0 Å². The van der Waals surface area contributed by atoms with Crippen LogP contribution >= 0.6 is 15.9 Å². The Morgan fingerprint density at radius 2 is 2.35 bits per heavy atom. The zero-order valence-electron chi connectivity index (χ0n) is 10.7. The molecule has 1 aromatic heterocycles. The number of aromatic nitrogens is 2. The second-order valence-electron chi connectivity index (χ2n) is 5.00. The highest BCUT2D eigenvalue weighted by atomic mass is 79.9. The minimum atomic E-state index is 0.668. The molecule has 0 radical (unpaired) electrons. The molecular formula is C13H22BrN3. The lowest BCUT2D eigenvalue weighted by Crippen LogP contribution is -2.26. The van der Waals surface area contributed by atoms with Crippen molar-refractivity contribution in [1.29, 1.82) is 0 Å². The second-order valence-corrected chi connectivity index (χ2v) is 5.86. The summed E-state index contributed by atoms with van der Waals surface area (Å²) in [7, 11) is 2.05. The molecule has 3 nitrogen and oxygen atoms in total. The Hall–Kier alpha value is -0.350. The Labute approximate surface area is 112 Å². The van der Waals surface area contributed by atoms with Crippen LogP contribution in [-0.2, 0) is 7.05 Å². The van der Waals surface area contributed by atoms with Crippen LogP contribution in [0.15, 0.2) is 10.7 Å². The Balaban J connectivity index is 2.04. The molecule has 1 aromatic rings. The number of rotatable bonds is 5. The van der Waals surface area contributed by atoms with Crippen molar-refractivity contribution in [3.63, 3.8) is 0 Å². The van der Waals surface area contributed by atoms with Gasteiger partial charge in [-0.05, 0) is 54.2 Å². The number of aryl methyl sites for hydroxylation is 1. The van der Waals surface area contributed by atoms with Gasteiger partial charge in [-0.25, -0.2) is 0 Å². The summed E-state index contributed by atoms with van der Waals surface area (Å²) in [6, 6.07) is 0. The first-order valence-electron chi connectivity index (χ1n) is 6.62. The van der Waals surface area contributed by atoms with Crippen molar-refractivity contribution in [3.05, 3.63) is 16.4 Å². The average Bonchev–Trinajstić information content (AvgIpc) is 2.87. The monoisotopic (exact) mass is 299 g/mol. The van der Waals surface area contributed by atoms with Gasteiger partial charge in [-0.2, -0.15) is 5.10 Å². The maximum absolute atomic E-state index is 4.34. The molecule has 1 fully saturated rings. The first kappa shape index (κ1) is 13.1. The Kier molecular flexibility index (Phi) is 4.62. The van der Waals surface area contributed by atoms with Crippen LogP contribution in [0, 0.1) is 5.92 Å². The van der Waals surface area contributed by atoms with Gasteiger partial charge < -0.3 is 5.32 Å². The fourth-order valence-corrected chi connectivity index (χ4v) is 3.58. The predicted octanol–water partition coefficient (Wildman–Crippen LogP) is 3.07. The van der Waals surface area contributed by atoms with Crippen molar-refractivity contribution < 1.29 is 0 Å². The molecule has 96 valence electrons. The average molecular weight is 300 g/mol. The molecule has 1 aliphatic rings. The molecule has 2 rings (SSSR count). The molecule has 1 heterocycles. The van der Waals surface area contributed by atoms with E-state index in [0.29, 0.717) is 5.92 Å². The molecule has 17 heavy (non-hydrogen) atoms. The van der Waals surface area contributed by atoms with Gasteiger partial charge in [-0.15, -0.1) is 0 Å². The van der Waals surface area contributed by atoms with Crippen molar-refractivity contribution in [1.82, 2.24) is 15.1 Å². The smallest absolute Gasteiger partial charge is 0.0635 e. The molecule has 0 spiro atoms. The van der Waals surface area contributed by atoms with Gasteiger partial charge >= 0.3 is 0 Å². The van der Waals surface area contributed by atoms with Crippen LogP contribution in [-0.4, -0.2) is 22.9 Å². The van der Waals surface area contributed by atoms with Crippen LogP contribution in [0.1, 0.15) is 44.2 Å². The van der Waals surface area contributed by atoms with E-state index in [1.54, 1.807) is 0 Å². The summed E-state index contributed by atoms with van der Waals surface area (Å²) in [4.78, 5) is 0. The van der Waals surface area contributed by atoms with E-state index < -0.39 is 0 Å². The largest absolute Gasteiger partial charge is 0.316 e. The lowest BCUT2D eigenvalue weighted by molar-refractivity contribution is 0.427. The molecule has 0 saturated heterocycles. The van der Waals surface area contributed by atoms with Gasteiger partial charge in [-0.1, -0.05) is 13.3 Å². The summed E-state index contributed by atoms with van der Waals surface area (Å²) < 4.78 is 3.21. The molecule has 2 atom stereocenters. The van der Waals surface area contributed by atoms with Gasteiger partial charge in [0.15, 0.2) is 0 Å². The van der Waals surface area contributed by atoms with E-state index >= 15 is 0 Å². The lowest BCUT2D eigenvalue weighted by atomic mass is 9.92. The summed E-state index contributed by atoms with van der Waals surface area (Å²) in [5.74, 6) is 1.44. The van der Waals surface area contributed by atoms with Crippen molar-refractivity contribution in [2.75, 3.05) is 13.1 Å². The van der Waals surface area contributed by atoms with E-state index in [2.05, 4.69) is 40.3 Å². The van der Waals surface area contributed by atoms with E-state index in [1.807, 2.05) is 10.9 Å². The van der Waals surface area contributed by atoms with Gasteiger partial charge in [0.2, 0.25) is 0 Å². The van der Waals surface area contributed by atoms with Crippen molar-refractivity contribution in [3.8, 4) is 0 Å². The SMILES string of the molecule is CCCNCC1CCCC1c1c(Br)cnn1C. The Bertz CT molecular complexity index is 342. The van der Waals surface area contributed by atoms with Gasteiger partial charge in [0, 0.05) is 13.0 Å². The molecule has 1 saturated carbocycles. The van der Waals surface area contributed by atoms with Crippen LogP contribution in [0.2, 0.25) is 0 Å². The minimum absolute atomic E-state index is 0.668. The summed E-state index contributed by atoms with van der Waals surface area (Å²) in [6.07, 6.45) is 7.13. The maximum atomic E-state index is 4.34. The third-order valence-corrected chi connectivity index (χ3v) is 4.39. The third-order valence-electron chi connectivity index (χ3n) is 3.78.